The quantitative estimate of drug-likeness (QED) is 0.665. The number of hydrogen-bond acceptors (Lipinski definition) is 2. The van der Waals surface area contributed by atoms with Gasteiger partial charge in [0.15, 0.2) is 0 Å². The third kappa shape index (κ3) is 1.31. The molecule has 0 aliphatic carbocycles. The number of hydrogen-bond donors (Lipinski definition) is 1. The van der Waals surface area contributed by atoms with Gasteiger partial charge in [0, 0.05) is 16.6 Å². The van der Waals surface area contributed by atoms with Crippen molar-refractivity contribution < 1.29 is 0 Å². The molecule has 0 aromatic heterocycles. The number of anilines is 1. The van der Waals surface area contributed by atoms with Crippen molar-refractivity contribution in [1.82, 2.24) is 0 Å². The molecular weight excluding hydrogens is 166 g/mol. The normalized spacial score (nSPS) is 20.3. The van der Waals surface area contributed by atoms with Crippen molar-refractivity contribution in [2.45, 2.75) is 24.3 Å². The lowest BCUT2D eigenvalue weighted by atomic mass is 10.1. The van der Waals surface area contributed by atoms with Gasteiger partial charge in [-0.05, 0) is 43.4 Å². The molecule has 1 N–H and O–H groups in total. The van der Waals surface area contributed by atoms with Gasteiger partial charge in [0.25, 0.3) is 0 Å². The van der Waals surface area contributed by atoms with Gasteiger partial charge in [-0.25, -0.2) is 0 Å². The van der Waals surface area contributed by atoms with Crippen molar-refractivity contribution in [1.29, 1.82) is 0 Å². The Kier molecular flexibility index (Phi) is 2.01. The first-order valence-electron chi connectivity index (χ1n) is 4.23. The van der Waals surface area contributed by atoms with E-state index in [1.165, 1.54) is 22.6 Å². The maximum absolute atomic E-state index is 3.44. The zero-order valence-corrected chi connectivity index (χ0v) is 8.24. The largest absolute Gasteiger partial charge is 0.382 e. The van der Waals surface area contributed by atoms with Crippen LogP contribution in [0, 0.1) is 0 Å². The Bertz CT molecular complexity index is 296. The highest BCUT2D eigenvalue weighted by Crippen LogP contribution is 2.29. The summed E-state index contributed by atoms with van der Waals surface area (Å²) in [4.78, 5) is 1.37. The van der Waals surface area contributed by atoms with Crippen LogP contribution >= 0.6 is 11.8 Å². The van der Waals surface area contributed by atoms with Gasteiger partial charge in [-0.3, -0.25) is 0 Å². The van der Waals surface area contributed by atoms with Gasteiger partial charge in [0.2, 0.25) is 0 Å². The molecule has 12 heavy (non-hydrogen) atoms. The molecule has 0 saturated heterocycles. The first kappa shape index (κ1) is 7.99. The lowest BCUT2D eigenvalue weighted by Crippen LogP contribution is -2.08. The molecule has 0 amide bonds. The fraction of sp³-hybridized carbons (Fsp3) is 0.400. The highest BCUT2D eigenvalue weighted by Gasteiger charge is 2.15. The van der Waals surface area contributed by atoms with E-state index in [0.717, 1.165) is 0 Å². The predicted molar refractivity (Wildman–Crippen MR) is 55.0 cm³/mol. The van der Waals surface area contributed by atoms with Crippen molar-refractivity contribution in [3.63, 3.8) is 0 Å². The minimum Gasteiger partial charge on any atom is -0.382 e. The summed E-state index contributed by atoms with van der Waals surface area (Å²) in [5.74, 6) is 0. The molecule has 0 saturated carbocycles. The average Bonchev–Trinajstić information content (AvgIpc) is 2.43. The van der Waals surface area contributed by atoms with Crippen LogP contribution in [-0.4, -0.2) is 12.3 Å². The Morgan fingerprint density at radius 1 is 1.50 bits per heavy atom. The monoisotopic (exact) mass is 179 g/mol. The number of thioether (sulfide) groups is 1. The minimum absolute atomic E-state index is 0.608. The van der Waals surface area contributed by atoms with E-state index >= 15 is 0 Å². The Balaban J connectivity index is 2.35. The molecular formula is C10H13NS. The van der Waals surface area contributed by atoms with Gasteiger partial charge >= 0.3 is 0 Å². The highest BCUT2D eigenvalue weighted by atomic mass is 32.2. The molecule has 1 aliphatic rings. The predicted octanol–water partition coefficient (Wildman–Crippen LogP) is 2.77. The minimum atomic E-state index is 0.608. The van der Waals surface area contributed by atoms with Crippen LogP contribution in [0.3, 0.4) is 0 Å². The number of fused-ring (bicyclic) bond motifs is 1. The Morgan fingerprint density at radius 3 is 3.08 bits per heavy atom. The van der Waals surface area contributed by atoms with E-state index in [4.69, 9.17) is 0 Å². The standard InChI is InChI=1S/C10H13NS/c1-7-5-8-6-9(12-2)3-4-10(8)11-7/h3-4,6-7,11H,5H2,1-2H3. The average molecular weight is 179 g/mol. The zero-order valence-electron chi connectivity index (χ0n) is 7.42. The molecule has 1 aromatic carbocycles. The second-order valence-electron chi connectivity index (χ2n) is 3.27. The van der Waals surface area contributed by atoms with Gasteiger partial charge in [-0.15, -0.1) is 11.8 Å². The maximum Gasteiger partial charge on any atom is 0.0376 e. The summed E-state index contributed by atoms with van der Waals surface area (Å²) in [6.07, 6.45) is 3.29. The van der Waals surface area contributed by atoms with Crippen LogP contribution in [0.4, 0.5) is 5.69 Å². The van der Waals surface area contributed by atoms with Crippen LogP contribution in [0.5, 0.6) is 0 Å². The second-order valence-corrected chi connectivity index (χ2v) is 4.15. The Morgan fingerprint density at radius 2 is 2.33 bits per heavy atom. The molecule has 1 nitrogen and oxygen atoms in total. The smallest absolute Gasteiger partial charge is 0.0376 e. The van der Waals surface area contributed by atoms with Crippen LogP contribution in [0.2, 0.25) is 0 Å². The SMILES string of the molecule is CSc1ccc2c(c1)CC(C)N2. The van der Waals surface area contributed by atoms with Crippen molar-refractivity contribution in [2.75, 3.05) is 11.6 Å². The van der Waals surface area contributed by atoms with E-state index < -0.39 is 0 Å². The van der Waals surface area contributed by atoms with Crippen LogP contribution in [0.25, 0.3) is 0 Å². The summed E-state index contributed by atoms with van der Waals surface area (Å²) in [5.41, 5.74) is 2.79. The fourth-order valence-corrected chi connectivity index (χ4v) is 2.12. The molecule has 1 aromatic rings. The summed E-state index contributed by atoms with van der Waals surface area (Å²) in [6, 6.07) is 7.26. The molecule has 1 unspecified atom stereocenters. The van der Waals surface area contributed by atoms with Gasteiger partial charge in [0.1, 0.15) is 0 Å². The third-order valence-electron chi connectivity index (χ3n) is 2.24. The first-order chi connectivity index (χ1) is 5.79. The molecule has 1 heterocycles. The van der Waals surface area contributed by atoms with Gasteiger partial charge in [-0.1, -0.05) is 0 Å². The zero-order chi connectivity index (χ0) is 8.55. The Hall–Kier alpha value is -0.630. The van der Waals surface area contributed by atoms with Crippen molar-refractivity contribution >= 4 is 17.4 Å². The van der Waals surface area contributed by atoms with Crippen molar-refractivity contribution in [2.24, 2.45) is 0 Å². The topological polar surface area (TPSA) is 12.0 Å². The summed E-state index contributed by atoms with van der Waals surface area (Å²) in [6.45, 7) is 2.22. The maximum atomic E-state index is 3.44. The third-order valence-corrected chi connectivity index (χ3v) is 2.97. The molecule has 0 bridgehead atoms. The fourth-order valence-electron chi connectivity index (χ4n) is 1.65. The summed E-state index contributed by atoms with van der Waals surface area (Å²) in [7, 11) is 0. The van der Waals surface area contributed by atoms with E-state index in [-0.39, 0.29) is 0 Å². The van der Waals surface area contributed by atoms with Crippen LogP contribution in [0.15, 0.2) is 23.1 Å². The van der Waals surface area contributed by atoms with Crippen molar-refractivity contribution in [3.05, 3.63) is 23.8 Å². The number of rotatable bonds is 1. The molecule has 0 fully saturated rings. The lowest BCUT2D eigenvalue weighted by molar-refractivity contribution is 0.838. The molecule has 2 heteroatoms. The summed E-state index contributed by atoms with van der Waals surface area (Å²) >= 11 is 1.81. The molecule has 1 atom stereocenters. The number of nitrogens with one attached hydrogen (secondary N) is 1. The van der Waals surface area contributed by atoms with Gasteiger partial charge < -0.3 is 5.32 Å². The van der Waals surface area contributed by atoms with E-state index in [1.54, 1.807) is 0 Å². The highest BCUT2D eigenvalue weighted by molar-refractivity contribution is 7.98. The van der Waals surface area contributed by atoms with Crippen LogP contribution < -0.4 is 5.32 Å². The Labute approximate surface area is 77.6 Å². The van der Waals surface area contributed by atoms with E-state index in [0.29, 0.717) is 6.04 Å². The molecule has 2 rings (SSSR count). The molecule has 64 valence electrons. The van der Waals surface area contributed by atoms with Crippen LogP contribution in [-0.2, 0) is 6.42 Å². The lowest BCUT2D eigenvalue weighted by Gasteiger charge is -2.02. The first-order valence-corrected chi connectivity index (χ1v) is 5.45. The number of benzene rings is 1. The molecule has 1 aliphatic heterocycles. The summed E-state index contributed by atoms with van der Waals surface area (Å²) < 4.78 is 0. The van der Waals surface area contributed by atoms with E-state index in [2.05, 4.69) is 36.7 Å². The van der Waals surface area contributed by atoms with Gasteiger partial charge in [-0.2, -0.15) is 0 Å². The summed E-state index contributed by atoms with van der Waals surface area (Å²) in [5, 5.41) is 3.44. The van der Waals surface area contributed by atoms with Crippen LogP contribution in [0.1, 0.15) is 12.5 Å². The molecule has 0 spiro atoms. The van der Waals surface area contributed by atoms with Crippen molar-refractivity contribution in [3.8, 4) is 0 Å². The molecule has 0 radical (unpaired) electrons. The second kappa shape index (κ2) is 3.02. The van der Waals surface area contributed by atoms with E-state index in [1.807, 2.05) is 11.8 Å². The van der Waals surface area contributed by atoms with E-state index in [9.17, 15) is 0 Å². The van der Waals surface area contributed by atoms with Gasteiger partial charge in [0.05, 0.1) is 0 Å².